The van der Waals surface area contributed by atoms with Gasteiger partial charge in [0.1, 0.15) is 0 Å². The summed E-state index contributed by atoms with van der Waals surface area (Å²) in [4.78, 5) is 0. The van der Waals surface area contributed by atoms with Crippen LogP contribution in [0.2, 0.25) is 0 Å². The van der Waals surface area contributed by atoms with E-state index in [1.54, 1.807) is 0 Å². The van der Waals surface area contributed by atoms with E-state index in [-0.39, 0.29) is 0 Å². The predicted molar refractivity (Wildman–Crippen MR) is 49.7 cm³/mol. The van der Waals surface area contributed by atoms with Crippen LogP contribution in [0.5, 0.6) is 0 Å². The maximum atomic E-state index is 5.41. The van der Waals surface area contributed by atoms with E-state index in [0.29, 0.717) is 6.10 Å². The average Bonchev–Trinajstić information content (AvgIpc) is 1.99. The van der Waals surface area contributed by atoms with E-state index in [4.69, 9.17) is 4.74 Å². The van der Waals surface area contributed by atoms with Crippen LogP contribution in [0, 0.1) is 11.8 Å². The molecule has 0 amide bonds. The second kappa shape index (κ2) is 5.59. The Labute approximate surface area is 71.1 Å². The Kier molecular flexibility index (Phi) is 5.57. The first-order valence-electron chi connectivity index (χ1n) is 4.70. The smallest absolute Gasteiger partial charge is 0.0599 e. The van der Waals surface area contributed by atoms with E-state index in [1.165, 1.54) is 6.42 Å². The van der Waals surface area contributed by atoms with Gasteiger partial charge in [-0.15, -0.1) is 0 Å². The van der Waals surface area contributed by atoms with Crippen molar-refractivity contribution >= 4 is 0 Å². The summed E-state index contributed by atoms with van der Waals surface area (Å²) in [7, 11) is 1.82. The van der Waals surface area contributed by atoms with Gasteiger partial charge < -0.3 is 4.74 Å². The fraction of sp³-hybridized carbons (Fsp3) is 1.00. The summed E-state index contributed by atoms with van der Waals surface area (Å²) >= 11 is 0. The molecule has 0 aliphatic rings. The van der Waals surface area contributed by atoms with E-state index >= 15 is 0 Å². The summed E-state index contributed by atoms with van der Waals surface area (Å²) in [6.45, 7) is 8.98. The molecule has 0 spiro atoms. The van der Waals surface area contributed by atoms with Crippen LogP contribution in [0.4, 0.5) is 0 Å². The molecule has 0 aliphatic carbocycles. The first kappa shape index (κ1) is 11.0. The van der Waals surface area contributed by atoms with Crippen molar-refractivity contribution in [3.63, 3.8) is 0 Å². The number of methoxy groups -OCH3 is 1. The van der Waals surface area contributed by atoms with E-state index in [2.05, 4.69) is 27.7 Å². The lowest BCUT2D eigenvalue weighted by atomic mass is 9.87. The zero-order valence-electron chi connectivity index (χ0n) is 8.55. The maximum Gasteiger partial charge on any atom is 0.0599 e. The molecule has 2 atom stereocenters. The minimum Gasteiger partial charge on any atom is -0.381 e. The van der Waals surface area contributed by atoms with E-state index in [0.717, 1.165) is 18.3 Å². The molecule has 11 heavy (non-hydrogen) atoms. The van der Waals surface area contributed by atoms with Crippen LogP contribution in [0.25, 0.3) is 0 Å². The maximum absolute atomic E-state index is 5.41. The summed E-state index contributed by atoms with van der Waals surface area (Å²) in [6, 6.07) is 0. The van der Waals surface area contributed by atoms with Crippen molar-refractivity contribution < 1.29 is 4.74 Å². The zero-order valence-corrected chi connectivity index (χ0v) is 8.55. The quantitative estimate of drug-likeness (QED) is 0.597. The Bertz CT molecular complexity index is 84.9. The van der Waals surface area contributed by atoms with Crippen molar-refractivity contribution in [2.75, 3.05) is 7.11 Å². The first-order valence-corrected chi connectivity index (χ1v) is 4.70. The largest absolute Gasteiger partial charge is 0.381 e. The molecule has 0 radical (unpaired) electrons. The molecule has 68 valence electrons. The monoisotopic (exact) mass is 158 g/mol. The Morgan fingerprint density at radius 3 is 1.73 bits per heavy atom. The molecule has 0 aromatic heterocycles. The van der Waals surface area contributed by atoms with Crippen molar-refractivity contribution in [2.24, 2.45) is 11.8 Å². The van der Waals surface area contributed by atoms with Gasteiger partial charge in [-0.05, 0) is 18.3 Å². The van der Waals surface area contributed by atoms with Gasteiger partial charge in [0.05, 0.1) is 6.10 Å². The Morgan fingerprint density at radius 1 is 1.09 bits per heavy atom. The molecule has 2 unspecified atom stereocenters. The highest BCUT2D eigenvalue weighted by molar-refractivity contribution is 4.70. The third-order valence-electron chi connectivity index (χ3n) is 2.51. The van der Waals surface area contributed by atoms with Crippen LogP contribution in [0.15, 0.2) is 0 Å². The second-order valence-electron chi connectivity index (χ2n) is 3.50. The predicted octanol–water partition coefficient (Wildman–Crippen LogP) is 3.09. The minimum atomic E-state index is 0.458. The lowest BCUT2D eigenvalue weighted by molar-refractivity contribution is 0.0288. The number of ether oxygens (including phenoxy) is 1. The molecule has 1 nitrogen and oxygen atoms in total. The van der Waals surface area contributed by atoms with Crippen molar-refractivity contribution in [2.45, 2.75) is 46.6 Å². The first-order chi connectivity index (χ1) is 5.17. The van der Waals surface area contributed by atoms with Gasteiger partial charge in [-0.3, -0.25) is 0 Å². The van der Waals surface area contributed by atoms with Crippen LogP contribution >= 0.6 is 0 Å². The number of hydrogen-bond acceptors (Lipinski definition) is 1. The van der Waals surface area contributed by atoms with Crippen LogP contribution in [0.1, 0.15) is 40.5 Å². The Morgan fingerprint density at radius 2 is 1.64 bits per heavy atom. The van der Waals surface area contributed by atoms with Gasteiger partial charge in [0.15, 0.2) is 0 Å². The molecule has 0 fully saturated rings. The molecule has 1 heteroatoms. The standard InChI is InChI=1S/C10H22O/c1-6-9(8(3)4)10(7-2)11-5/h8-10H,6-7H2,1-5H3. The highest BCUT2D eigenvalue weighted by Crippen LogP contribution is 2.22. The van der Waals surface area contributed by atoms with Gasteiger partial charge in [-0.2, -0.15) is 0 Å². The highest BCUT2D eigenvalue weighted by Gasteiger charge is 2.20. The normalized spacial score (nSPS) is 16.9. The van der Waals surface area contributed by atoms with E-state index in [9.17, 15) is 0 Å². The van der Waals surface area contributed by atoms with Gasteiger partial charge in [0.25, 0.3) is 0 Å². The Balaban J connectivity index is 3.98. The molecular weight excluding hydrogens is 136 g/mol. The van der Waals surface area contributed by atoms with Crippen molar-refractivity contribution in [1.29, 1.82) is 0 Å². The summed E-state index contributed by atoms with van der Waals surface area (Å²) in [5.74, 6) is 1.47. The number of rotatable bonds is 5. The van der Waals surface area contributed by atoms with Crippen LogP contribution in [-0.4, -0.2) is 13.2 Å². The highest BCUT2D eigenvalue weighted by atomic mass is 16.5. The third-order valence-corrected chi connectivity index (χ3v) is 2.51. The van der Waals surface area contributed by atoms with Gasteiger partial charge in [-0.25, -0.2) is 0 Å². The van der Waals surface area contributed by atoms with Crippen LogP contribution in [-0.2, 0) is 4.74 Å². The molecule has 0 aromatic rings. The lowest BCUT2D eigenvalue weighted by Gasteiger charge is -2.27. The molecular formula is C10H22O. The van der Waals surface area contributed by atoms with Gasteiger partial charge in [0.2, 0.25) is 0 Å². The molecule has 0 N–H and O–H groups in total. The fourth-order valence-electron chi connectivity index (χ4n) is 1.81. The van der Waals surface area contributed by atoms with E-state index < -0.39 is 0 Å². The average molecular weight is 158 g/mol. The van der Waals surface area contributed by atoms with Crippen molar-refractivity contribution in [3.05, 3.63) is 0 Å². The second-order valence-corrected chi connectivity index (χ2v) is 3.50. The molecule has 0 saturated carbocycles. The summed E-state index contributed by atoms with van der Waals surface area (Å²) in [5.41, 5.74) is 0. The van der Waals surface area contributed by atoms with Gasteiger partial charge >= 0.3 is 0 Å². The molecule has 0 heterocycles. The topological polar surface area (TPSA) is 9.23 Å². The number of hydrogen-bond donors (Lipinski definition) is 0. The van der Waals surface area contributed by atoms with Gasteiger partial charge in [-0.1, -0.05) is 34.1 Å². The third kappa shape index (κ3) is 3.24. The van der Waals surface area contributed by atoms with Crippen molar-refractivity contribution in [1.82, 2.24) is 0 Å². The SMILES string of the molecule is CCC(OC)C(CC)C(C)C. The molecule has 0 bridgehead atoms. The molecule has 0 aromatic carbocycles. The van der Waals surface area contributed by atoms with Crippen LogP contribution < -0.4 is 0 Å². The van der Waals surface area contributed by atoms with E-state index in [1.807, 2.05) is 7.11 Å². The lowest BCUT2D eigenvalue weighted by Crippen LogP contribution is -2.25. The van der Waals surface area contributed by atoms with Crippen molar-refractivity contribution in [3.8, 4) is 0 Å². The minimum absolute atomic E-state index is 0.458. The summed E-state index contributed by atoms with van der Waals surface area (Å²) < 4.78 is 5.41. The summed E-state index contributed by atoms with van der Waals surface area (Å²) in [5, 5.41) is 0. The summed E-state index contributed by atoms with van der Waals surface area (Å²) in [6.07, 6.45) is 2.82. The van der Waals surface area contributed by atoms with Gasteiger partial charge in [0, 0.05) is 7.11 Å². The Hall–Kier alpha value is -0.0400. The van der Waals surface area contributed by atoms with Crippen LogP contribution in [0.3, 0.4) is 0 Å². The fourth-order valence-corrected chi connectivity index (χ4v) is 1.81. The molecule has 0 aliphatic heterocycles. The molecule has 0 rings (SSSR count). The zero-order chi connectivity index (χ0) is 8.85. The molecule has 0 saturated heterocycles.